The Kier molecular flexibility index (Phi) is 2.32. The monoisotopic (exact) mass is 102 g/mol. The quantitative estimate of drug-likeness (QED) is 0.425. The summed E-state index contributed by atoms with van der Waals surface area (Å²) < 4.78 is 0. The molecular weight excluding hydrogens is 94.1 g/mol. The average molecular weight is 102 g/mol. The van der Waals surface area contributed by atoms with E-state index in [0.29, 0.717) is 0 Å². The second kappa shape index (κ2) is 2.54. The average Bonchev–Trinajstić information content (AvgIpc) is 1.65. The van der Waals surface area contributed by atoms with Gasteiger partial charge in [-0.15, -0.1) is 0 Å². The van der Waals surface area contributed by atoms with Crippen LogP contribution in [0.25, 0.3) is 0 Å². The number of nitrogens with two attached hydrogens (primary N) is 2. The van der Waals surface area contributed by atoms with Crippen molar-refractivity contribution in [2.24, 2.45) is 11.5 Å². The van der Waals surface area contributed by atoms with E-state index in [2.05, 4.69) is 0 Å². The zero-order chi connectivity index (χ0) is 5.86. The summed E-state index contributed by atoms with van der Waals surface area (Å²) in [4.78, 5) is 9.84. The Hall–Kier alpha value is -0.610. The van der Waals surface area contributed by atoms with Crippen LogP contribution in [0.2, 0.25) is 0 Å². The van der Waals surface area contributed by atoms with Gasteiger partial charge in [0, 0.05) is 6.54 Å². The third-order valence-electron chi connectivity index (χ3n) is 0.591. The van der Waals surface area contributed by atoms with Crippen LogP contribution in [0.5, 0.6) is 0 Å². The zero-order valence-corrected chi connectivity index (χ0v) is 3.85. The first kappa shape index (κ1) is 6.39. The van der Waals surface area contributed by atoms with E-state index in [-0.39, 0.29) is 6.54 Å². The molecule has 0 saturated heterocycles. The molecule has 1 amide bonds. The van der Waals surface area contributed by atoms with Crippen molar-refractivity contribution in [1.82, 2.24) is 5.73 Å². The molecule has 0 unspecified atom stereocenters. The van der Waals surface area contributed by atoms with Gasteiger partial charge in [0.15, 0.2) is 0 Å². The Morgan fingerprint density at radius 2 is 2.29 bits per heavy atom. The maximum atomic E-state index is 9.84. The Balaban J connectivity index is 3.34. The SMILES string of the molecule is [NH]C(=O)[C@@H](N)CN. The number of rotatable bonds is 2. The van der Waals surface area contributed by atoms with Gasteiger partial charge in [0.1, 0.15) is 0 Å². The number of carbonyl (C=O) groups excluding carboxylic acids is 1. The van der Waals surface area contributed by atoms with Crippen LogP contribution in [0.4, 0.5) is 0 Å². The second-order valence-electron chi connectivity index (χ2n) is 1.21. The Labute approximate surface area is 41.7 Å². The van der Waals surface area contributed by atoms with Crippen LogP contribution in [-0.2, 0) is 4.79 Å². The molecule has 0 aromatic rings. The van der Waals surface area contributed by atoms with Gasteiger partial charge < -0.3 is 11.5 Å². The van der Waals surface area contributed by atoms with Gasteiger partial charge in [-0.25, -0.2) is 0 Å². The van der Waals surface area contributed by atoms with Gasteiger partial charge in [-0.05, 0) is 0 Å². The van der Waals surface area contributed by atoms with Gasteiger partial charge in [0.2, 0.25) is 0 Å². The predicted molar refractivity (Wildman–Crippen MR) is 25.1 cm³/mol. The molecule has 0 aromatic carbocycles. The lowest BCUT2D eigenvalue weighted by Crippen LogP contribution is -2.38. The minimum Gasteiger partial charge on any atom is -0.328 e. The van der Waals surface area contributed by atoms with Crippen LogP contribution in [0, 0.1) is 0 Å². The molecule has 0 aliphatic rings. The molecule has 0 bridgehead atoms. The van der Waals surface area contributed by atoms with Gasteiger partial charge in [-0.1, -0.05) is 0 Å². The van der Waals surface area contributed by atoms with Crippen LogP contribution < -0.4 is 17.2 Å². The van der Waals surface area contributed by atoms with E-state index in [4.69, 9.17) is 17.2 Å². The molecule has 41 valence electrons. The molecular formula is C3H8N3O. The number of hydrogen-bond donors (Lipinski definition) is 2. The first-order chi connectivity index (χ1) is 3.18. The third-order valence-corrected chi connectivity index (χ3v) is 0.591. The van der Waals surface area contributed by atoms with Crippen molar-refractivity contribution in [1.29, 1.82) is 0 Å². The molecule has 0 heterocycles. The van der Waals surface area contributed by atoms with Crippen LogP contribution >= 0.6 is 0 Å². The minimum absolute atomic E-state index is 0.0579. The summed E-state index contributed by atoms with van der Waals surface area (Å²) in [6, 6.07) is -0.792. The van der Waals surface area contributed by atoms with Crippen LogP contribution in [0.1, 0.15) is 0 Å². The van der Waals surface area contributed by atoms with E-state index in [9.17, 15) is 4.79 Å². The topological polar surface area (TPSA) is 92.9 Å². The lowest BCUT2D eigenvalue weighted by atomic mass is 10.3. The molecule has 0 aliphatic heterocycles. The van der Waals surface area contributed by atoms with Gasteiger partial charge in [-0.2, -0.15) is 0 Å². The highest BCUT2D eigenvalue weighted by atomic mass is 16.1. The van der Waals surface area contributed by atoms with Gasteiger partial charge in [0.25, 0.3) is 5.91 Å². The first-order valence-electron chi connectivity index (χ1n) is 1.89. The summed E-state index contributed by atoms with van der Waals surface area (Å²) in [6.45, 7) is 0.0579. The van der Waals surface area contributed by atoms with E-state index in [0.717, 1.165) is 0 Å². The number of hydrogen-bond acceptors (Lipinski definition) is 3. The van der Waals surface area contributed by atoms with E-state index in [1.165, 1.54) is 0 Å². The van der Waals surface area contributed by atoms with Gasteiger partial charge in [0.05, 0.1) is 6.04 Å². The Morgan fingerprint density at radius 1 is 1.86 bits per heavy atom. The summed E-state index contributed by atoms with van der Waals surface area (Å²) in [6.07, 6.45) is 0. The highest BCUT2D eigenvalue weighted by molar-refractivity contribution is 5.78. The lowest BCUT2D eigenvalue weighted by molar-refractivity contribution is -0.119. The molecule has 1 atom stereocenters. The number of nitrogens with one attached hydrogen (secondary N) is 1. The molecule has 7 heavy (non-hydrogen) atoms. The summed E-state index contributed by atoms with van der Waals surface area (Å²) >= 11 is 0. The fourth-order valence-corrected chi connectivity index (χ4v) is 0.107. The van der Waals surface area contributed by atoms with Crippen molar-refractivity contribution in [2.45, 2.75) is 6.04 Å². The summed E-state index contributed by atoms with van der Waals surface area (Å²) in [5, 5.41) is 0. The van der Waals surface area contributed by atoms with Crippen LogP contribution in [-0.4, -0.2) is 18.5 Å². The van der Waals surface area contributed by atoms with Gasteiger partial charge >= 0.3 is 0 Å². The molecule has 5 N–H and O–H groups in total. The minimum atomic E-state index is -0.803. The number of carbonyl (C=O) groups is 1. The van der Waals surface area contributed by atoms with E-state index < -0.39 is 11.9 Å². The van der Waals surface area contributed by atoms with Crippen LogP contribution in [0.15, 0.2) is 0 Å². The molecule has 0 fully saturated rings. The standard InChI is InChI=1S/C3H8N3O/c4-1-2(5)3(6)7/h2,6H,1,4-5H2/t2-/m0/s1. The maximum Gasteiger partial charge on any atom is 0.256 e. The summed E-state index contributed by atoms with van der Waals surface area (Å²) in [5.41, 5.74) is 16.2. The summed E-state index contributed by atoms with van der Waals surface area (Å²) in [7, 11) is 0. The largest absolute Gasteiger partial charge is 0.328 e. The van der Waals surface area contributed by atoms with E-state index >= 15 is 0 Å². The Bertz CT molecular complexity index is 72.6. The van der Waals surface area contributed by atoms with E-state index in [1.807, 2.05) is 0 Å². The lowest BCUT2D eigenvalue weighted by Gasteiger charge is -1.97. The third kappa shape index (κ3) is 2.13. The fourth-order valence-electron chi connectivity index (χ4n) is 0.107. The van der Waals surface area contributed by atoms with Crippen LogP contribution in [0.3, 0.4) is 0 Å². The molecule has 0 saturated carbocycles. The van der Waals surface area contributed by atoms with Crippen molar-refractivity contribution in [3.05, 3.63) is 0 Å². The summed E-state index contributed by atoms with van der Waals surface area (Å²) in [5.74, 6) is -0.803. The molecule has 0 aliphatic carbocycles. The highest BCUT2D eigenvalue weighted by Gasteiger charge is 2.04. The van der Waals surface area contributed by atoms with Crippen molar-refractivity contribution < 1.29 is 4.79 Å². The smallest absolute Gasteiger partial charge is 0.256 e. The van der Waals surface area contributed by atoms with Crippen molar-refractivity contribution in [3.8, 4) is 0 Å². The normalized spacial score (nSPS) is 13.4. The van der Waals surface area contributed by atoms with Crippen molar-refractivity contribution in [2.75, 3.05) is 6.54 Å². The highest BCUT2D eigenvalue weighted by Crippen LogP contribution is 1.67. The fraction of sp³-hybridized carbons (Fsp3) is 0.667. The first-order valence-corrected chi connectivity index (χ1v) is 1.89. The molecule has 0 spiro atoms. The molecule has 1 radical (unpaired) electrons. The molecule has 4 heteroatoms. The molecule has 0 aromatic heterocycles. The Morgan fingerprint density at radius 3 is 2.29 bits per heavy atom. The maximum absolute atomic E-state index is 9.84. The van der Waals surface area contributed by atoms with E-state index in [1.54, 1.807) is 0 Å². The number of amides is 1. The van der Waals surface area contributed by atoms with Crippen molar-refractivity contribution >= 4 is 5.91 Å². The molecule has 0 rings (SSSR count). The molecule has 4 nitrogen and oxygen atoms in total. The predicted octanol–water partition coefficient (Wildman–Crippen LogP) is -1.92. The second-order valence-corrected chi connectivity index (χ2v) is 1.21. The van der Waals surface area contributed by atoms with Gasteiger partial charge in [-0.3, -0.25) is 10.5 Å². The zero-order valence-electron chi connectivity index (χ0n) is 3.85. The van der Waals surface area contributed by atoms with Crippen molar-refractivity contribution in [3.63, 3.8) is 0 Å².